The largest absolute Gasteiger partial charge is 0.322 e. The summed E-state index contributed by atoms with van der Waals surface area (Å²) < 4.78 is 27.8. The van der Waals surface area contributed by atoms with Crippen LogP contribution >= 0.6 is 11.6 Å². The van der Waals surface area contributed by atoms with E-state index in [9.17, 15) is 13.2 Å². The Balaban J connectivity index is 1.89. The standard InChI is InChI=1S/C19H20ClN5O3S/c1-4-25-12-21-23-18(25)13-6-5-7-15(10-13)22-19(26)14-8-9-16(20)17(11-14)29(27,28)24(2)3/h5-12H,4H2,1-3H3,(H,22,26). The van der Waals surface area contributed by atoms with Crippen molar-refractivity contribution in [2.75, 3.05) is 19.4 Å². The number of aryl methyl sites for hydroxylation is 1. The molecule has 2 aromatic carbocycles. The number of nitrogens with one attached hydrogen (secondary N) is 1. The minimum atomic E-state index is -3.78. The van der Waals surface area contributed by atoms with Crippen molar-refractivity contribution in [1.29, 1.82) is 0 Å². The van der Waals surface area contributed by atoms with Crippen molar-refractivity contribution in [1.82, 2.24) is 19.1 Å². The van der Waals surface area contributed by atoms with Gasteiger partial charge in [-0.15, -0.1) is 10.2 Å². The zero-order valence-electron chi connectivity index (χ0n) is 16.1. The normalized spacial score (nSPS) is 11.6. The number of nitrogens with zero attached hydrogens (tertiary/aromatic N) is 4. The second-order valence-corrected chi connectivity index (χ2v) is 8.94. The van der Waals surface area contributed by atoms with Crippen LogP contribution in [0.15, 0.2) is 53.7 Å². The molecule has 1 N–H and O–H groups in total. The van der Waals surface area contributed by atoms with Crippen molar-refractivity contribution in [3.63, 3.8) is 0 Å². The van der Waals surface area contributed by atoms with Crippen molar-refractivity contribution in [2.24, 2.45) is 0 Å². The number of aromatic nitrogens is 3. The predicted octanol–water partition coefficient (Wildman–Crippen LogP) is 3.12. The molecule has 10 heteroatoms. The number of hydrogen-bond donors (Lipinski definition) is 1. The number of benzene rings is 2. The molecule has 0 unspecified atom stereocenters. The van der Waals surface area contributed by atoms with E-state index in [1.165, 1.54) is 32.3 Å². The van der Waals surface area contributed by atoms with E-state index in [1.54, 1.807) is 24.5 Å². The third-order valence-corrected chi connectivity index (χ3v) is 6.58. The van der Waals surface area contributed by atoms with Crippen LogP contribution in [0.5, 0.6) is 0 Å². The highest BCUT2D eigenvalue weighted by atomic mass is 35.5. The third-order valence-electron chi connectivity index (χ3n) is 4.29. The fourth-order valence-corrected chi connectivity index (χ4v) is 4.08. The number of sulfonamides is 1. The molecule has 0 fully saturated rings. The Kier molecular flexibility index (Phi) is 6.02. The maximum Gasteiger partial charge on any atom is 0.255 e. The lowest BCUT2D eigenvalue weighted by Gasteiger charge is -2.14. The third kappa shape index (κ3) is 4.31. The van der Waals surface area contributed by atoms with Gasteiger partial charge in [0.25, 0.3) is 5.91 Å². The zero-order valence-corrected chi connectivity index (χ0v) is 17.7. The molecule has 1 amide bonds. The van der Waals surface area contributed by atoms with Crippen molar-refractivity contribution >= 4 is 33.2 Å². The molecule has 0 radical (unpaired) electrons. The second-order valence-electron chi connectivity index (χ2n) is 6.41. The Morgan fingerprint density at radius 2 is 1.97 bits per heavy atom. The summed E-state index contributed by atoms with van der Waals surface area (Å²) in [5.41, 5.74) is 1.52. The Morgan fingerprint density at radius 3 is 2.66 bits per heavy atom. The summed E-state index contributed by atoms with van der Waals surface area (Å²) in [5.74, 6) is 0.237. The van der Waals surface area contributed by atoms with Gasteiger partial charge in [0.1, 0.15) is 11.2 Å². The topological polar surface area (TPSA) is 97.2 Å². The first kappa shape index (κ1) is 21.0. The monoisotopic (exact) mass is 433 g/mol. The number of amides is 1. The summed E-state index contributed by atoms with van der Waals surface area (Å²) in [7, 11) is -0.974. The first-order valence-electron chi connectivity index (χ1n) is 8.75. The first-order valence-corrected chi connectivity index (χ1v) is 10.6. The average molecular weight is 434 g/mol. The van der Waals surface area contributed by atoms with E-state index in [0.29, 0.717) is 18.1 Å². The summed E-state index contributed by atoms with van der Waals surface area (Å²) >= 11 is 6.04. The second kappa shape index (κ2) is 8.32. The van der Waals surface area contributed by atoms with Crippen LogP contribution in [0, 0.1) is 0 Å². The first-order chi connectivity index (χ1) is 13.7. The predicted molar refractivity (Wildman–Crippen MR) is 111 cm³/mol. The van der Waals surface area contributed by atoms with Gasteiger partial charge >= 0.3 is 0 Å². The molecule has 0 bridgehead atoms. The molecule has 1 aromatic heterocycles. The molecule has 0 aliphatic carbocycles. The van der Waals surface area contributed by atoms with Crippen LogP contribution in [0.4, 0.5) is 5.69 Å². The SMILES string of the molecule is CCn1cnnc1-c1cccc(NC(=O)c2ccc(Cl)c(S(=O)(=O)N(C)C)c2)c1. The highest BCUT2D eigenvalue weighted by molar-refractivity contribution is 7.89. The maximum atomic E-state index is 12.7. The van der Waals surface area contributed by atoms with E-state index in [1.807, 2.05) is 17.6 Å². The minimum Gasteiger partial charge on any atom is -0.322 e. The van der Waals surface area contributed by atoms with Gasteiger partial charge < -0.3 is 9.88 Å². The summed E-state index contributed by atoms with van der Waals surface area (Å²) in [6.45, 7) is 2.70. The Hall–Kier alpha value is -2.75. The van der Waals surface area contributed by atoms with Gasteiger partial charge in [-0.2, -0.15) is 0 Å². The molecule has 3 rings (SSSR count). The van der Waals surface area contributed by atoms with Gasteiger partial charge in [0, 0.05) is 37.5 Å². The van der Waals surface area contributed by atoms with Gasteiger partial charge in [0.15, 0.2) is 5.82 Å². The Labute approximate surface area is 174 Å². The van der Waals surface area contributed by atoms with Crippen molar-refractivity contribution in [3.8, 4) is 11.4 Å². The van der Waals surface area contributed by atoms with E-state index in [-0.39, 0.29) is 15.5 Å². The van der Waals surface area contributed by atoms with E-state index in [2.05, 4.69) is 15.5 Å². The Bertz CT molecular complexity index is 1160. The summed E-state index contributed by atoms with van der Waals surface area (Å²) in [6, 6.07) is 11.3. The lowest BCUT2D eigenvalue weighted by atomic mass is 10.1. The number of halogens is 1. The highest BCUT2D eigenvalue weighted by Crippen LogP contribution is 2.26. The molecule has 29 heavy (non-hydrogen) atoms. The smallest absolute Gasteiger partial charge is 0.255 e. The molecule has 3 aromatic rings. The van der Waals surface area contributed by atoms with Crippen LogP contribution in [-0.2, 0) is 16.6 Å². The molecule has 0 saturated heterocycles. The van der Waals surface area contributed by atoms with Gasteiger partial charge in [-0.25, -0.2) is 12.7 Å². The number of hydrogen-bond acceptors (Lipinski definition) is 5. The van der Waals surface area contributed by atoms with Crippen molar-refractivity contribution in [3.05, 3.63) is 59.4 Å². The van der Waals surface area contributed by atoms with Gasteiger partial charge in [-0.3, -0.25) is 4.79 Å². The van der Waals surface area contributed by atoms with E-state index < -0.39 is 15.9 Å². The van der Waals surface area contributed by atoms with E-state index in [0.717, 1.165) is 9.87 Å². The van der Waals surface area contributed by atoms with Crippen LogP contribution in [0.25, 0.3) is 11.4 Å². The number of carbonyl (C=O) groups excluding carboxylic acids is 1. The molecular formula is C19H20ClN5O3S. The number of rotatable bonds is 6. The van der Waals surface area contributed by atoms with Gasteiger partial charge in [0.2, 0.25) is 10.0 Å². The van der Waals surface area contributed by atoms with Gasteiger partial charge in [-0.1, -0.05) is 23.7 Å². The highest BCUT2D eigenvalue weighted by Gasteiger charge is 2.22. The van der Waals surface area contributed by atoms with Crippen LogP contribution in [0.1, 0.15) is 17.3 Å². The van der Waals surface area contributed by atoms with Gasteiger partial charge in [-0.05, 0) is 37.3 Å². The summed E-state index contributed by atoms with van der Waals surface area (Å²) in [6.07, 6.45) is 1.64. The Morgan fingerprint density at radius 1 is 1.21 bits per heavy atom. The van der Waals surface area contributed by atoms with E-state index >= 15 is 0 Å². The molecule has 0 spiro atoms. The number of carbonyl (C=O) groups is 1. The lowest BCUT2D eigenvalue weighted by molar-refractivity contribution is 0.102. The molecule has 8 nitrogen and oxygen atoms in total. The van der Waals surface area contributed by atoms with Crippen LogP contribution in [-0.4, -0.2) is 47.5 Å². The summed E-state index contributed by atoms with van der Waals surface area (Å²) in [5, 5.41) is 10.9. The molecule has 0 saturated carbocycles. The van der Waals surface area contributed by atoms with Crippen LogP contribution in [0.3, 0.4) is 0 Å². The molecule has 0 atom stereocenters. The van der Waals surface area contributed by atoms with Crippen LogP contribution in [0.2, 0.25) is 5.02 Å². The fraction of sp³-hybridized carbons (Fsp3) is 0.211. The molecular weight excluding hydrogens is 414 g/mol. The van der Waals surface area contributed by atoms with E-state index in [4.69, 9.17) is 11.6 Å². The molecule has 0 aliphatic rings. The van der Waals surface area contributed by atoms with Crippen molar-refractivity contribution in [2.45, 2.75) is 18.4 Å². The average Bonchev–Trinajstić information content (AvgIpc) is 3.17. The summed E-state index contributed by atoms with van der Waals surface area (Å²) in [4.78, 5) is 12.6. The maximum absolute atomic E-state index is 12.7. The number of anilines is 1. The lowest BCUT2D eigenvalue weighted by Crippen LogP contribution is -2.23. The van der Waals surface area contributed by atoms with Crippen molar-refractivity contribution < 1.29 is 13.2 Å². The molecule has 0 aliphatic heterocycles. The minimum absolute atomic E-state index is 0.0520. The molecule has 1 heterocycles. The zero-order chi connectivity index (χ0) is 21.2. The van der Waals surface area contributed by atoms with Gasteiger partial charge in [0.05, 0.1) is 5.02 Å². The fourth-order valence-electron chi connectivity index (χ4n) is 2.69. The molecule has 152 valence electrons. The quantitative estimate of drug-likeness (QED) is 0.644. The van der Waals surface area contributed by atoms with Crippen LogP contribution < -0.4 is 5.32 Å².